The van der Waals surface area contributed by atoms with Crippen LogP contribution >= 0.6 is 0 Å². The lowest BCUT2D eigenvalue weighted by atomic mass is 9.98. The molecular formula is C30H33N3. The minimum absolute atomic E-state index is 0.519. The SMILES string of the molecule is Cc1cc(Cc2ccc(N=Nc3ccc(N(C)C)cc3)cc2)c2c(C)ccc(C(C)C)cc1-2. The van der Waals surface area contributed by atoms with Crippen LogP contribution in [0.5, 0.6) is 0 Å². The number of hydrogen-bond acceptors (Lipinski definition) is 3. The van der Waals surface area contributed by atoms with E-state index in [9.17, 15) is 0 Å². The molecule has 2 aliphatic rings. The van der Waals surface area contributed by atoms with Crippen LogP contribution in [0.15, 0.2) is 83.0 Å². The summed E-state index contributed by atoms with van der Waals surface area (Å²) in [6, 6.07) is 25.8. The second kappa shape index (κ2) is 9.58. The van der Waals surface area contributed by atoms with E-state index in [2.05, 4.69) is 103 Å². The molecule has 0 saturated heterocycles. The summed E-state index contributed by atoms with van der Waals surface area (Å²) in [7, 11) is 4.06. The van der Waals surface area contributed by atoms with Crippen molar-refractivity contribution in [2.45, 2.75) is 40.0 Å². The first-order valence-electron chi connectivity index (χ1n) is 11.6. The first kappa shape index (κ1) is 22.7. The van der Waals surface area contributed by atoms with E-state index < -0.39 is 0 Å². The van der Waals surface area contributed by atoms with Crippen LogP contribution in [0, 0.1) is 13.8 Å². The fourth-order valence-electron chi connectivity index (χ4n) is 4.28. The highest BCUT2D eigenvalue weighted by Gasteiger charge is 2.16. The van der Waals surface area contributed by atoms with Crippen molar-refractivity contribution < 1.29 is 0 Å². The Morgan fingerprint density at radius 1 is 0.727 bits per heavy atom. The number of anilines is 1. The molecule has 0 spiro atoms. The minimum Gasteiger partial charge on any atom is -0.378 e. The lowest BCUT2D eigenvalue weighted by Gasteiger charge is -2.11. The van der Waals surface area contributed by atoms with Crippen molar-refractivity contribution in [2.24, 2.45) is 10.2 Å². The molecule has 2 aromatic rings. The molecule has 0 unspecified atom stereocenters. The van der Waals surface area contributed by atoms with Gasteiger partial charge in [-0.15, -0.1) is 0 Å². The van der Waals surface area contributed by atoms with E-state index in [1.807, 2.05) is 26.2 Å². The number of rotatable bonds is 6. The molecule has 2 aromatic carbocycles. The van der Waals surface area contributed by atoms with Crippen molar-refractivity contribution in [1.29, 1.82) is 0 Å². The Labute approximate surface area is 198 Å². The second-order valence-corrected chi connectivity index (χ2v) is 9.41. The van der Waals surface area contributed by atoms with E-state index >= 15 is 0 Å². The van der Waals surface area contributed by atoms with Crippen LogP contribution in [0.25, 0.3) is 11.1 Å². The number of hydrogen-bond donors (Lipinski definition) is 0. The summed E-state index contributed by atoms with van der Waals surface area (Å²) in [6.07, 6.45) is 0.912. The molecule has 0 amide bonds. The zero-order valence-electron chi connectivity index (χ0n) is 20.6. The highest BCUT2D eigenvalue weighted by atomic mass is 15.1. The van der Waals surface area contributed by atoms with E-state index in [0.717, 1.165) is 23.5 Å². The van der Waals surface area contributed by atoms with Crippen molar-refractivity contribution in [1.82, 2.24) is 0 Å². The topological polar surface area (TPSA) is 28.0 Å². The van der Waals surface area contributed by atoms with Gasteiger partial charge in [-0.3, -0.25) is 0 Å². The highest BCUT2D eigenvalue weighted by molar-refractivity contribution is 5.78. The molecule has 0 aliphatic heterocycles. The summed E-state index contributed by atoms with van der Waals surface area (Å²) in [5, 5.41) is 8.80. The monoisotopic (exact) mass is 435 g/mol. The largest absolute Gasteiger partial charge is 0.378 e. The average Bonchev–Trinajstić information content (AvgIpc) is 2.98. The van der Waals surface area contributed by atoms with Gasteiger partial charge in [0.2, 0.25) is 0 Å². The van der Waals surface area contributed by atoms with Crippen LogP contribution in [0.2, 0.25) is 0 Å². The first-order valence-corrected chi connectivity index (χ1v) is 11.6. The molecule has 0 bridgehead atoms. The van der Waals surface area contributed by atoms with E-state index in [1.54, 1.807) is 0 Å². The van der Waals surface area contributed by atoms with Gasteiger partial charge in [0, 0.05) is 19.8 Å². The number of azo groups is 1. The third-order valence-electron chi connectivity index (χ3n) is 6.28. The highest BCUT2D eigenvalue weighted by Crippen LogP contribution is 2.37. The van der Waals surface area contributed by atoms with Crippen molar-refractivity contribution in [3.8, 4) is 11.1 Å². The van der Waals surface area contributed by atoms with Crippen molar-refractivity contribution in [3.63, 3.8) is 0 Å². The van der Waals surface area contributed by atoms with Crippen LogP contribution in [0.4, 0.5) is 17.1 Å². The lowest BCUT2D eigenvalue weighted by Crippen LogP contribution is -2.07. The molecule has 0 atom stereocenters. The Hall–Kier alpha value is -3.46. The van der Waals surface area contributed by atoms with E-state index in [1.165, 1.54) is 38.9 Å². The van der Waals surface area contributed by atoms with Crippen LogP contribution in [-0.4, -0.2) is 14.1 Å². The number of fused-ring (bicyclic) bond motifs is 1. The molecule has 0 saturated carbocycles. The molecule has 0 fully saturated rings. The summed E-state index contributed by atoms with van der Waals surface area (Å²) >= 11 is 0. The molecule has 3 heteroatoms. The van der Waals surface area contributed by atoms with Crippen molar-refractivity contribution in [2.75, 3.05) is 19.0 Å². The van der Waals surface area contributed by atoms with Gasteiger partial charge in [0.05, 0.1) is 11.4 Å². The maximum atomic E-state index is 4.41. The van der Waals surface area contributed by atoms with Gasteiger partial charge < -0.3 is 4.90 Å². The first-order chi connectivity index (χ1) is 15.8. The summed E-state index contributed by atoms with van der Waals surface area (Å²) in [4.78, 5) is 2.07. The van der Waals surface area contributed by atoms with Gasteiger partial charge in [0.15, 0.2) is 0 Å². The fourth-order valence-corrected chi connectivity index (χ4v) is 4.28. The fraction of sp³-hybridized carbons (Fsp3) is 0.267. The van der Waals surface area contributed by atoms with Crippen LogP contribution in [-0.2, 0) is 6.42 Å². The van der Waals surface area contributed by atoms with Crippen LogP contribution < -0.4 is 4.90 Å². The smallest absolute Gasteiger partial charge is 0.0858 e. The van der Waals surface area contributed by atoms with Crippen LogP contribution in [0.1, 0.15) is 47.6 Å². The Morgan fingerprint density at radius 3 is 1.91 bits per heavy atom. The molecule has 2 aliphatic carbocycles. The number of nitrogens with zero attached hydrogens (tertiary/aromatic N) is 3. The minimum atomic E-state index is 0.519. The molecule has 3 nitrogen and oxygen atoms in total. The van der Waals surface area contributed by atoms with Gasteiger partial charge in [-0.05, 0) is 102 Å². The average molecular weight is 436 g/mol. The molecular weight excluding hydrogens is 402 g/mol. The Bertz CT molecular complexity index is 1230. The molecule has 168 valence electrons. The zero-order chi connectivity index (χ0) is 23.5. The molecule has 33 heavy (non-hydrogen) atoms. The summed E-state index contributed by atoms with van der Waals surface area (Å²) < 4.78 is 0. The quantitative estimate of drug-likeness (QED) is 0.279. The third kappa shape index (κ3) is 5.14. The van der Waals surface area contributed by atoms with Crippen molar-refractivity contribution >= 4 is 17.1 Å². The summed E-state index contributed by atoms with van der Waals surface area (Å²) in [6.45, 7) is 8.97. The van der Waals surface area contributed by atoms with E-state index in [4.69, 9.17) is 0 Å². The lowest BCUT2D eigenvalue weighted by molar-refractivity contribution is 0.868. The third-order valence-corrected chi connectivity index (χ3v) is 6.28. The van der Waals surface area contributed by atoms with Gasteiger partial charge in [-0.1, -0.05) is 50.2 Å². The summed E-state index contributed by atoms with van der Waals surface area (Å²) in [5.41, 5.74) is 12.4. The zero-order valence-corrected chi connectivity index (χ0v) is 20.6. The Morgan fingerprint density at radius 2 is 1.33 bits per heavy atom. The normalized spacial score (nSPS) is 11.6. The van der Waals surface area contributed by atoms with E-state index in [0.29, 0.717) is 5.92 Å². The molecule has 0 radical (unpaired) electrons. The molecule has 4 rings (SSSR count). The predicted octanol–water partition coefficient (Wildman–Crippen LogP) is 8.60. The van der Waals surface area contributed by atoms with Gasteiger partial charge >= 0.3 is 0 Å². The number of benzene rings is 2. The van der Waals surface area contributed by atoms with Crippen molar-refractivity contribution in [3.05, 3.63) is 101 Å². The van der Waals surface area contributed by atoms with E-state index in [-0.39, 0.29) is 0 Å². The number of aryl methyl sites for hydroxylation is 2. The second-order valence-electron chi connectivity index (χ2n) is 9.41. The standard InChI is InChI=1S/C30H33N3/c1-20(2)24-10-7-21(3)30-25(17-22(4)29(30)19-24)18-23-8-11-26(12-9-23)31-32-27-13-15-28(16-14-27)33(5)6/h7-17,19-20H,18H2,1-6H3. The van der Waals surface area contributed by atoms with Gasteiger partial charge in [0.25, 0.3) is 0 Å². The summed E-state index contributed by atoms with van der Waals surface area (Å²) in [5.74, 6) is 0.519. The maximum absolute atomic E-state index is 4.41. The molecule has 0 N–H and O–H groups in total. The van der Waals surface area contributed by atoms with Crippen LogP contribution in [0.3, 0.4) is 0 Å². The maximum Gasteiger partial charge on any atom is 0.0858 e. The Kier molecular flexibility index (Phi) is 6.60. The van der Waals surface area contributed by atoms with Gasteiger partial charge in [-0.2, -0.15) is 10.2 Å². The Balaban J connectivity index is 1.53. The molecule has 0 heterocycles. The van der Waals surface area contributed by atoms with Gasteiger partial charge in [-0.25, -0.2) is 0 Å². The van der Waals surface area contributed by atoms with Gasteiger partial charge in [0.1, 0.15) is 0 Å². The predicted molar refractivity (Wildman–Crippen MR) is 141 cm³/mol. The molecule has 0 aromatic heterocycles.